The number of phenols is 4. The van der Waals surface area contributed by atoms with Crippen molar-refractivity contribution in [3.05, 3.63) is 119 Å². The number of aromatic hydroxyl groups is 4. The van der Waals surface area contributed by atoms with E-state index >= 15 is 0 Å². The number of benzene rings is 4. The number of carbonyl (C=O) groups excluding carboxylic acids is 2. The van der Waals surface area contributed by atoms with Gasteiger partial charge in [0, 0.05) is 29.2 Å². The summed E-state index contributed by atoms with van der Waals surface area (Å²) in [4.78, 5) is 41.4. The van der Waals surface area contributed by atoms with Crippen molar-refractivity contribution in [2.45, 2.75) is 49.9 Å². The number of phenolic OH excluding ortho intramolecular Hbond substituents is 4. The Morgan fingerprint density at radius 2 is 0.579 bits per heavy atom. The van der Waals surface area contributed by atoms with Crippen molar-refractivity contribution >= 4 is 23.9 Å². The third kappa shape index (κ3) is 28.3. The maximum absolute atomic E-state index is 10.4. The average molecular weight is 868 g/mol. The van der Waals surface area contributed by atoms with E-state index in [2.05, 4.69) is 0 Å². The Bertz CT molecular complexity index is 1450. The van der Waals surface area contributed by atoms with Gasteiger partial charge in [-0.1, -0.05) is 48.5 Å². The summed E-state index contributed by atoms with van der Waals surface area (Å²) in [5, 5.41) is 73.4. The van der Waals surface area contributed by atoms with E-state index < -0.39 is 48.0 Å². The first-order valence-electron chi connectivity index (χ1n) is 15.4. The third-order valence-corrected chi connectivity index (χ3v) is 6.81. The van der Waals surface area contributed by atoms with E-state index in [0.717, 1.165) is 22.3 Å². The number of aliphatic carboxylic acids is 4. The van der Waals surface area contributed by atoms with E-state index in [1.54, 1.807) is 48.5 Å². The predicted octanol–water partition coefficient (Wildman–Crippen LogP) is -8.93. The summed E-state index contributed by atoms with van der Waals surface area (Å²) in [6.07, 6.45) is 0.969. The molecule has 0 heterocycles. The molecule has 0 aliphatic heterocycles. The number of carboxylic acid groups (broad SMARTS) is 4. The molecule has 0 saturated carbocycles. The fourth-order valence-corrected chi connectivity index (χ4v) is 3.89. The van der Waals surface area contributed by atoms with Crippen LogP contribution in [0.5, 0.6) is 23.0 Å². The van der Waals surface area contributed by atoms with Gasteiger partial charge in [0.2, 0.25) is 0 Å². The molecule has 4 atom stereocenters. The second-order valence-electron chi connectivity index (χ2n) is 11.2. The van der Waals surface area contributed by atoms with E-state index in [1.807, 2.05) is 0 Å². The maximum Gasteiger partial charge on any atom is 1.00 e. The van der Waals surface area contributed by atoms with Crippen molar-refractivity contribution in [3.63, 3.8) is 0 Å². The van der Waals surface area contributed by atoms with Gasteiger partial charge >= 0.3 is 71.1 Å². The minimum atomic E-state index is -1.27. The fraction of sp³-hybridized carbons (Fsp3) is 0.222. The van der Waals surface area contributed by atoms with Gasteiger partial charge in [-0.15, -0.1) is 0 Å². The van der Waals surface area contributed by atoms with Gasteiger partial charge in [0.15, 0.2) is 0 Å². The van der Waals surface area contributed by atoms with Gasteiger partial charge in [0.25, 0.3) is 0 Å². The van der Waals surface area contributed by atoms with Crippen LogP contribution >= 0.6 is 0 Å². The summed E-state index contributed by atoms with van der Waals surface area (Å²) in [6.45, 7) is 0. The largest absolute Gasteiger partial charge is 1.00 e. The van der Waals surface area contributed by atoms with Crippen LogP contribution in [-0.4, -0.2) is 89.6 Å². The molecule has 1 radical (unpaired) electrons. The minimum Gasteiger partial charge on any atom is -0.548 e. The molecule has 0 aliphatic rings. The molecule has 4 aromatic carbocycles. The summed E-state index contributed by atoms with van der Waals surface area (Å²) in [5.74, 6) is -3.97. The zero-order valence-corrected chi connectivity index (χ0v) is 36.1. The zero-order valence-electron chi connectivity index (χ0n) is 31.1. The topological polar surface area (TPSA) is 403 Å². The summed E-state index contributed by atoms with van der Waals surface area (Å²) >= 11 is 0. The molecule has 0 spiro atoms. The summed E-state index contributed by atoms with van der Waals surface area (Å²) in [5.41, 5.74) is 24.3. The molecule has 0 bridgehead atoms. The molecular formula is C36H46CuN4Na2O14. The van der Waals surface area contributed by atoms with Crippen molar-refractivity contribution in [1.82, 2.24) is 0 Å². The molecule has 0 saturated heterocycles. The van der Waals surface area contributed by atoms with Gasteiger partial charge in [-0.25, -0.2) is 0 Å². The Balaban J connectivity index is -0.000000205. The van der Waals surface area contributed by atoms with Gasteiger partial charge in [0.1, 0.15) is 35.1 Å². The van der Waals surface area contributed by atoms with Crippen LogP contribution in [0.3, 0.4) is 0 Å². The van der Waals surface area contributed by atoms with Crippen LogP contribution in [0.15, 0.2) is 97.1 Å². The van der Waals surface area contributed by atoms with Crippen LogP contribution in [0.4, 0.5) is 0 Å². The number of hydrogen-bond donors (Lipinski definition) is 10. The van der Waals surface area contributed by atoms with Crippen molar-refractivity contribution in [3.8, 4) is 23.0 Å². The van der Waals surface area contributed by atoms with Crippen molar-refractivity contribution in [2.75, 3.05) is 0 Å². The summed E-state index contributed by atoms with van der Waals surface area (Å²) in [7, 11) is 0. The van der Waals surface area contributed by atoms with E-state index in [4.69, 9.17) is 53.6 Å². The Hall–Kier alpha value is -3.76. The standard InChI is InChI=1S/4C9H11NO3.Cu.2Na.2H2O/c4*10-8(9(12)13)5-6-1-3-7(11)4-2-6;;;;;/h4*1-4,8,11H,5,10H2,(H,12,13);;;;2*1H2/q;;;;;2*+1;;/p-2/t4*8-;;;;;/m0000...../s1. The smallest absolute Gasteiger partial charge is 0.548 e. The molecule has 4 aromatic rings. The second kappa shape index (κ2) is 33.2. The Kier molecular flexibility index (Phi) is 36.4. The van der Waals surface area contributed by atoms with Crippen molar-refractivity contribution in [2.24, 2.45) is 22.9 Å². The average Bonchev–Trinajstić information content (AvgIpc) is 3.09. The van der Waals surface area contributed by atoms with E-state index in [9.17, 15) is 29.4 Å². The molecule has 0 fully saturated rings. The molecule has 0 aromatic heterocycles. The summed E-state index contributed by atoms with van der Waals surface area (Å²) < 4.78 is 0. The first-order valence-corrected chi connectivity index (χ1v) is 15.4. The molecule has 21 heteroatoms. The normalized spacial score (nSPS) is 11.3. The molecule has 0 amide bonds. The fourth-order valence-electron chi connectivity index (χ4n) is 3.89. The number of hydrogen-bond acceptors (Lipinski definition) is 14. The monoisotopic (exact) mass is 867 g/mol. The number of nitrogens with two attached hydrogens (primary N) is 4. The van der Waals surface area contributed by atoms with Crippen LogP contribution in [0.25, 0.3) is 0 Å². The van der Waals surface area contributed by atoms with Crippen LogP contribution in [0.2, 0.25) is 0 Å². The van der Waals surface area contributed by atoms with Gasteiger partial charge in [-0.05, 0) is 96.5 Å². The van der Waals surface area contributed by atoms with Gasteiger partial charge in [-0.3, -0.25) is 9.59 Å². The molecular weight excluding hydrogens is 822 g/mol. The Labute approximate surface area is 383 Å². The third-order valence-electron chi connectivity index (χ3n) is 6.81. The second-order valence-corrected chi connectivity index (χ2v) is 11.2. The van der Waals surface area contributed by atoms with E-state index in [0.29, 0.717) is 0 Å². The molecule has 0 unspecified atom stereocenters. The summed E-state index contributed by atoms with van der Waals surface area (Å²) in [6, 6.07) is 21.3. The first kappa shape index (κ1) is 62.4. The minimum absolute atomic E-state index is 0. The SMILES string of the molecule is N[C@@H](Cc1ccc(O)cc1)C(=O)O.N[C@@H](Cc1ccc(O)cc1)C(=O)O.N[C@@H](Cc1ccc(O)cc1)C(=O)[O-].N[C@@H](Cc1ccc(O)cc1)C(=O)[O-].O.O.[Cu].[Na+].[Na+]. The maximum atomic E-state index is 10.4. The molecule has 57 heavy (non-hydrogen) atoms. The quantitative estimate of drug-likeness (QED) is 0.0591. The zero-order chi connectivity index (χ0) is 39.4. The number of carbonyl (C=O) groups is 4. The van der Waals surface area contributed by atoms with Crippen LogP contribution in [0.1, 0.15) is 22.3 Å². The van der Waals surface area contributed by atoms with Crippen LogP contribution in [0, 0.1) is 0 Å². The van der Waals surface area contributed by atoms with Gasteiger partial charge < -0.3 is 84.3 Å². The van der Waals surface area contributed by atoms with Crippen LogP contribution in [-0.2, 0) is 61.9 Å². The predicted molar refractivity (Wildman–Crippen MR) is 192 cm³/mol. The Morgan fingerprint density at radius 1 is 0.421 bits per heavy atom. The first-order chi connectivity index (χ1) is 24.4. The van der Waals surface area contributed by atoms with Gasteiger partial charge in [0.05, 0.1) is 11.9 Å². The van der Waals surface area contributed by atoms with E-state index in [-0.39, 0.29) is 136 Å². The van der Waals surface area contributed by atoms with E-state index in [1.165, 1.54) is 48.5 Å². The molecule has 18 N–H and O–H groups in total. The van der Waals surface area contributed by atoms with Crippen molar-refractivity contribution < 1.29 is 147 Å². The molecule has 4 rings (SSSR count). The number of rotatable bonds is 12. The Morgan fingerprint density at radius 3 is 0.719 bits per heavy atom. The molecule has 307 valence electrons. The van der Waals surface area contributed by atoms with Gasteiger partial charge in [-0.2, -0.15) is 0 Å². The van der Waals surface area contributed by atoms with Crippen LogP contribution < -0.4 is 92.3 Å². The number of carboxylic acids is 4. The van der Waals surface area contributed by atoms with Crippen molar-refractivity contribution in [1.29, 1.82) is 0 Å². The molecule has 18 nitrogen and oxygen atoms in total. The molecule has 0 aliphatic carbocycles.